The van der Waals surface area contributed by atoms with E-state index in [2.05, 4.69) is 83.3 Å². The van der Waals surface area contributed by atoms with Crippen LogP contribution in [0.2, 0.25) is 13.1 Å². The predicted molar refractivity (Wildman–Crippen MR) is 185 cm³/mol. The standard InChI is InChI=1S/C38H53O7Si/c1-37(2,3)36(45-46(7)8)22-13-28-11-16-30(17-12-28)41-23-9-10-34-33-21-20-32(44-27-40-6)24-35(33)42-25-38(34,4)29-14-18-31(19-15-29)43-26-39-5/h11-12,14-21,24,34,36H,9-10,13,22-23,25-27H2,1-8H3. The van der Waals surface area contributed by atoms with Crippen molar-refractivity contribution in [3.05, 3.63) is 83.4 Å². The largest absolute Gasteiger partial charge is 0.494 e. The van der Waals surface area contributed by atoms with Gasteiger partial charge in [0.05, 0.1) is 19.3 Å². The molecule has 1 heterocycles. The third kappa shape index (κ3) is 9.74. The first kappa shape index (κ1) is 35.8. The smallest absolute Gasteiger partial charge is 0.205 e. The second kappa shape index (κ2) is 16.7. The summed E-state index contributed by atoms with van der Waals surface area (Å²) in [5.74, 6) is 3.50. The molecule has 0 saturated carbocycles. The van der Waals surface area contributed by atoms with Crippen LogP contribution < -0.4 is 18.9 Å². The van der Waals surface area contributed by atoms with E-state index in [4.69, 9.17) is 32.8 Å². The van der Waals surface area contributed by atoms with Gasteiger partial charge in [-0.2, -0.15) is 0 Å². The lowest BCUT2D eigenvalue weighted by Gasteiger charge is -2.43. The van der Waals surface area contributed by atoms with Crippen LogP contribution in [0.1, 0.15) is 69.6 Å². The van der Waals surface area contributed by atoms with Crippen LogP contribution in [0.4, 0.5) is 0 Å². The maximum atomic E-state index is 6.39. The Kier molecular flexibility index (Phi) is 13.0. The Morgan fingerprint density at radius 2 is 1.46 bits per heavy atom. The number of hydrogen-bond donors (Lipinski definition) is 0. The minimum atomic E-state index is -0.743. The number of rotatable bonds is 17. The summed E-state index contributed by atoms with van der Waals surface area (Å²) in [6.45, 7) is 15.1. The van der Waals surface area contributed by atoms with E-state index in [9.17, 15) is 0 Å². The first-order valence-electron chi connectivity index (χ1n) is 16.3. The average molecular weight is 650 g/mol. The summed E-state index contributed by atoms with van der Waals surface area (Å²) in [5, 5.41) is 0. The molecule has 3 atom stereocenters. The normalized spacial score (nSPS) is 18.5. The van der Waals surface area contributed by atoms with Crippen LogP contribution in [-0.4, -0.2) is 56.2 Å². The Hall–Kier alpha value is -3.04. The van der Waals surface area contributed by atoms with Gasteiger partial charge in [-0.05, 0) is 91.2 Å². The van der Waals surface area contributed by atoms with Crippen molar-refractivity contribution < 1.29 is 32.8 Å². The molecule has 0 saturated heterocycles. The Bertz CT molecular complexity index is 1340. The molecule has 0 fully saturated rings. The monoisotopic (exact) mass is 649 g/mol. The van der Waals surface area contributed by atoms with E-state index in [1.54, 1.807) is 14.2 Å². The van der Waals surface area contributed by atoms with Gasteiger partial charge in [0.2, 0.25) is 9.04 Å². The van der Waals surface area contributed by atoms with Gasteiger partial charge in [0.15, 0.2) is 13.6 Å². The highest BCUT2D eigenvalue weighted by Crippen LogP contribution is 2.49. The first-order chi connectivity index (χ1) is 22.0. The number of methoxy groups -OCH3 is 2. The van der Waals surface area contributed by atoms with Gasteiger partial charge < -0.3 is 32.8 Å². The number of hydrogen-bond acceptors (Lipinski definition) is 7. The number of ether oxygens (including phenoxy) is 6. The summed E-state index contributed by atoms with van der Waals surface area (Å²) in [6.07, 6.45) is 4.13. The van der Waals surface area contributed by atoms with Crippen LogP contribution in [0.3, 0.4) is 0 Å². The van der Waals surface area contributed by atoms with E-state index in [0.29, 0.717) is 13.2 Å². The van der Waals surface area contributed by atoms with Crippen LogP contribution in [0.5, 0.6) is 23.0 Å². The highest BCUT2D eigenvalue weighted by molar-refractivity contribution is 6.48. The summed E-state index contributed by atoms with van der Waals surface area (Å²) in [4.78, 5) is 0. The van der Waals surface area contributed by atoms with Gasteiger partial charge in [-0.3, -0.25) is 0 Å². The topological polar surface area (TPSA) is 64.6 Å². The zero-order valence-electron chi connectivity index (χ0n) is 29.0. The van der Waals surface area contributed by atoms with Gasteiger partial charge in [0.25, 0.3) is 0 Å². The van der Waals surface area contributed by atoms with E-state index >= 15 is 0 Å². The molecule has 0 spiro atoms. The molecule has 0 N–H and O–H groups in total. The van der Waals surface area contributed by atoms with Crippen molar-refractivity contribution in [2.24, 2.45) is 5.41 Å². The molecular formula is C38H53O7Si. The Balaban J connectivity index is 1.41. The zero-order valence-corrected chi connectivity index (χ0v) is 30.0. The fourth-order valence-electron chi connectivity index (χ4n) is 6.11. The van der Waals surface area contributed by atoms with Gasteiger partial charge >= 0.3 is 0 Å². The van der Waals surface area contributed by atoms with Crippen molar-refractivity contribution >= 4 is 9.04 Å². The van der Waals surface area contributed by atoms with Crippen molar-refractivity contribution in [2.45, 2.75) is 83.9 Å². The van der Waals surface area contributed by atoms with Crippen molar-refractivity contribution in [3.8, 4) is 23.0 Å². The van der Waals surface area contributed by atoms with Crippen LogP contribution >= 0.6 is 0 Å². The molecule has 0 bridgehead atoms. The SMILES string of the molecule is COCOc1ccc(C2(C)COc3cc(OCOC)ccc3C2CCCOc2ccc(CCC(O[Si](C)C)C(C)(C)C)cc2)cc1. The lowest BCUT2D eigenvalue weighted by Crippen LogP contribution is -2.40. The molecule has 251 valence electrons. The lowest BCUT2D eigenvalue weighted by molar-refractivity contribution is 0.0505. The molecule has 1 aliphatic rings. The minimum Gasteiger partial charge on any atom is -0.494 e. The van der Waals surface area contributed by atoms with Gasteiger partial charge in [-0.1, -0.05) is 58.0 Å². The summed E-state index contributed by atoms with van der Waals surface area (Å²) in [5.41, 5.74) is 3.59. The molecule has 4 rings (SSSR count). The minimum absolute atomic E-state index is 0.133. The molecule has 0 amide bonds. The van der Waals surface area contributed by atoms with Crippen molar-refractivity contribution in [2.75, 3.05) is 41.0 Å². The fraction of sp³-hybridized carbons (Fsp3) is 0.526. The van der Waals surface area contributed by atoms with Gasteiger partial charge in [0, 0.05) is 31.6 Å². The second-order valence-corrected chi connectivity index (χ2v) is 15.7. The maximum absolute atomic E-state index is 6.39. The number of fused-ring (bicyclic) bond motifs is 1. The average Bonchev–Trinajstić information content (AvgIpc) is 3.04. The lowest BCUT2D eigenvalue weighted by atomic mass is 9.66. The fourth-order valence-corrected chi connectivity index (χ4v) is 7.15. The predicted octanol–water partition coefficient (Wildman–Crippen LogP) is 8.56. The van der Waals surface area contributed by atoms with E-state index < -0.39 is 9.04 Å². The second-order valence-electron chi connectivity index (χ2n) is 13.6. The molecule has 1 radical (unpaired) electrons. The molecule has 7 nitrogen and oxygen atoms in total. The highest BCUT2D eigenvalue weighted by Gasteiger charge is 2.42. The summed E-state index contributed by atoms with van der Waals surface area (Å²) in [7, 11) is 2.50. The molecule has 3 aromatic carbocycles. The summed E-state index contributed by atoms with van der Waals surface area (Å²) >= 11 is 0. The highest BCUT2D eigenvalue weighted by atomic mass is 28.3. The van der Waals surface area contributed by atoms with Crippen molar-refractivity contribution in [1.82, 2.24) is 0 Å². The van der Waals surface area contributed by atoms with Crippen LogP contribution in [0.25, 0.3) is 0 Å². The van der Waals surface area contributed by atoms with Crippen molar-refractivity contribution in [3.63, 3.8) is 0 Å². The van der Waals surface area contributed by atoms with Crippen molar-refractivity contribution in [1.29, 1.82) is 0 Å². The van der Waals surface area contributed by atoms with Crippen LogP contribution in [0.15, 0.2) is 66.7 Å². The Morgan fingerprint density at radius 1 is 0.848 bits per heavy atom. The van der Waals surface area contributed by atoms with Crippen LogP contribution in [0, 0.1) is 5.41 Å². The van der Waals surface area contributed by atoms with Gasteiger partial charge in [-0.25, -0.2) is 0 Å². The molecule has 0 aromatic heterocycles. The molecule has 46 heavy (non-hydrogen) atoms. The molecule has 3 aromatic rings. The van der Waals surface area contributed by atoms with Gasteiger partial charge in [0.1, 0.15) is 23.0 Å². The Morgan fingerprint density at radius 3 is 2.09 bits per heavy atom. The number of aryl methyl sites for hydroxylation is 1. The Labute approximate surface area is 278 Å². The van der Waals surface area contributed by atoms with E-state index in [1.165, 1.54) is 16.7 Å². The molecular weight excluding hydrogens is 596 g/mol. The molecule has 3 unspecified atom stereocenters. The van der Waals surface area contributed by atoms with E-state index in [1.807, 2.05) is 24.3 Å². The van der Waals surface area contributed by atoms with Crippen LogP contribution in [-0.2, 0) is 25.7 Å². The third-order valence-corrected chi connectivity index (χ3v) is 9.48. The zero-order chi connectivity index (χ0) is 33.2. The van der Waals surface area contributed by atoms with E-state index in [-0.39, 0.29) is 36.4 Å². The third-order valence-electron chi connectivity index (χ3n) is 8.73. The summed E-state index contributed by atoms with van der Waals surface area (Å²) < 4.78 is 40.5. The van der Waals surface area contributed by atoms with E-state index in [0.717, 1.165) is 48.7 Å². The first-order valence-corrected chi connectivity index (χ1v) is 18.7. The van der Waals surface area contributed by atoms with Gasteiger partial charge in [-0.15, -0.1) is 0 Å². The number of benzene rings is 3. The molecule has 1 aliphatic heterocycles. The maximum Gasteiger partial charge on any atom is 0.205 e. The molecule has 8 heteroatoms. The summed E-state index contributed by atoms with van der Waals surface area (Å²) in [6, 6.07) is 23.0. The molecule has 0 aliphatic carbocycles. The quantitative estimate of drug-likeness (QED) is 0.0825.